The molecule has 10 rings (SSSR count). The number of para-hydroxylation sites is 3. The molecule has 4 unspecified atom stereocenters. The molecule has 4 atom stereocenters. The van der Waals surface area contributed by atoms with E-state index >= 15 is 0 Å². The maximum absolute atomic E-state index is 5.59. The summed E-state index contributed by atoms with van der Waals surface area (Å²) < 4.78 is 2.26. The van der Waals surface area contributed by atoms with E-state index in [1.807, 2.05) is 12.4 Å². The van der Waals surface area contributed by atoms with Crippen molar-refractivity contribution in [2.75, 3.05) is 9.80 Å². The number of pyridine rings is 1. The van der Waals surface area contributed by atoms with Gasteiger partial charge in [0.2, 0.25) is 17.8 Å². The topological polar surface area (TPSA) is 63.0 Å². The van der Waals surface area contributed by atoms with Crippen molar-refractivity contribution in [3.63, 3.8) is 0 Å². The first kappa shape index (κ1) is 29.2. The number of aromatic nitrogens is 5. The first-order valence-corrected chi connectivity index (χ1v) is 18.2. The molecule has 7 nitrogen and oxygen atoms in total. The summed E-state index contributed by atoms with van der Waals surface area (Å²) in [5.74, 6) is 2.08. The molecule has 2 aliphatic heterocycles. The van der Waals surface area contributed by atoms with Gasteiger partial charge in [0.05, 0.1) is 34.0 Å². The summed E-state index contributed by atoms with van der Waals surface area (Å²) in [6.07, 6.45) is 13.2. The number of fused-ring (bicyclic) bond motifs is 9. The molecule has 0 radical (unpaired) electrons. The minimum atomic E-state index is -0.209. The SMILES string of the molecule is CC12CCCCC1(C)N(c1nc(N3c4cnccc4C4(C)CCCCC34C)nc(-n3c4ccccc4c4ccccc43)n1)c1ccccc12. The summed E-state index contributed by atoms with van der Waals surface area (Å²) >= 11 is 0. The van der Waals surface area contributed by atoms with Crippen molar-refractivity contribution in [2.24, 2.45) is 0 Å². The Balaban J connectivity index is 1.29. The maximum atomic E-state index is 5.59. The quantitative estimate of drug-likeness (QED) is 0.191. The van der Waals surface area contributed by atoms with Crippen LogP contribution in [0.5, 0.6) is 0 Å². The van der Waals surface area contributed by atoms with Crippen LogP contribution in [0.3, 0.4) is 0 Å². The molecule has 6 aromatic rings. The molecule has 0 saturated heterocycles. The molecule has 3 aromatic heterocycles. The van der Waals surface area contributed by atoms with Crippen LogP contribution in [0.4, 0.5) is 23.3 Å². The standard InChI is InChI=1S/C42H43N7/c1-39-22-11-13-24-41(39,3)48(34-20-10-7-17-30(34)39)37-44-36(47-32-18-8-5-15-28(32)29-16-6-9-19-33(29)47)45-38(46-37)49-35-27-43-26-21-31(35)40(2)23-12-14-25-42(40,49)4/h5-10,15-21,26-27H,11-14,22-25H2,1-4H3. The highest BCUT2D eigenvalue weighted by molar-refractivity contribution is 6.09. The van der Waals surface area contributed by atoms with Crippen molar-refractivity contribution >= 4 is 45.1 Å². The lowest BCUT2D eigenvalue weighted by Gasteiger charge is -2.50. The van der Waals surface area contributed by atoms with Crippen molar-refractivity contribution in [1.29, 1.82) is 0 Å². The van der Waals surface area contributed by atoms with Gasteiger partial charge in [0.1, 0.15) is 0 Å². The molecule has 246 valence electrons. The normalized spacial score (nSPS) is 28.8. The fourth-order valence-corrected chi connectivity index (χ4v) is 10.7. The summed E-state index contributed by atoms with van der Waals surface area (Å²) in [5.41, 5.74) is 6.84. The number of nitrogens with zero attached hydrogens (tertiary/aromatic N) is 7. The molecule has 4 aliphatic rings. The van der Waals surface area contributed by atoms with Gasteiger partial charge in [0.15, 0.2) is 0 Å². The average molecular weight is 646 g/mol. The van der Waals surface area contributed by atoms with E-state index in [2.05, 4.69) is 126 Å². The van der Waals surface area contributed by atoms with Gasteiger partial charge in [-0.3, -0.25) is 9.55 Å². The Morgan fingerprint density at radius 1 is 0.510 bits per heavy atom. The van der Waals surface area contributed by atoms with Gasteiger partial charge in [-0.25, -0.2) is 0 Å². The summed E-state index contributed by atoms with van der Waals surface area (Å²) in [5, 5.41) is 2.39. The molecular weight excluding hydrogens is 603 g/mol. The van der Waals surface area contributed by atoms with Crippen LogP contribution in [0, 0.1) is 0 Å². The van der Waals surface area contributed by atoms with Gasteiger partial charge in [0.25, 0.3) is 0 Å². The van der Waals surface area contributed by atoms with E-state index in [-0.39, 0.29) is 21.9 Å². The number of anilines is 4. The van der Waals surface area contributed by atoms with Crippen LogP contribution in [0.15, 0.2) is 91.3 Å². The predicted molar refractivity (Wildman–Crippen MR) is 198 cm³/mol. The van der Waals surface area contributed by atoms with Gasteiger partial charge in [-0.05, 0) is 74.9 Å². The molecule has 5 heterocycles. The van der Waals surface area contributed by atoms with E-state index in [4.69, 9.17) is 15.0 Å². The number of hydrogen-bond donors (Lipinski definition) is 0. The number of hydrogen-bond acceptors (Lipinski definition) is 6. The third-order valence-corrected chi connectivity index (χ3v) is 13.7. The highest BCUT2D eigenvalue weighted by Gasteiger charge is 2.60. The summed E-state index contributed by atoms with van der Waals surface area (Å²) in [4.78, 5) is 26.2. The molecule has 0 bridgehead atoms. The van der Waals surface area contributed by atoms with Crippen LogP contribution in [-0.4, -0.2) is 35.6 Å². The molecule has 2 aliphatic carbocycles. The number of rotatable bonds is 3. The highest BCUT2D eigenvalue weighted by atomic mass is 15.4. The lowest BCUT2D eigenvalue weighted by molar-refractivity contribution is 0.191. The maximum Gasteiger partial charge on any atom is 0.241 e. The molecule has 0 amide bonds. The van der Waals surface area contributed by atoms with E-state index in [9.17, 15) is 0 Å². The molecule has 0 N–H and O–H groups in total. The average Bonchev–Trinajstić information content (AvgIpc) is 3.65. The Labute approximate surface area is 288 Å². The molecule has 2 saturated carbocycles. The van der Waals surface area contributed by atoms with Crippen molar-refractivity contribution in [2.45, 2.75) is 101 Å². The van der Waals surface area contributed by atoms with Crippen molar-refractivity contribution in [3.05, 3.63) is 102 Å². The van der Waals surface area contributed by atoms with Crippen LogP contribution in [0.1, 0.15) is 90.2 Å². The Bertz CT molecular complexity index is 2160. The van der Waals surface area contributed by atoms with Crippen molar-refractivity contribution in [1.82, 2.24) is 24.5 Å². The minimum absolute atomic E-state index is 0.0142. The van der Waals surface area contributed by atoms with Crippen LogP contribution < -0.4 is 9.80 Å². The minimum Gasteiger partial charge on any atom is -0.303 e. The van der Waals surface area contributed by atoms with E-state index < -0.39 is 0 Å². The zero-order valence-electron chi connectivity index (χ0n) is 28.9. The lowest BCUT2D eigenvalue weighted by Crippen LogP contribution is -2.56. The molecule has 49 heavy (non-hydrogen) atoms. The molecule has 7 heteroatoms. The van der Waals surface area contributed by atoms with Crippen LogP contribution >= 0.6 is 0 Å². The summed E-state index contributed by atoms with van der Waals surface area (Å²) in [6, 6.07) is 28.5. The Morgan fingerprint density at radius 3 is 1.63 bits per heavy atom. The first-order valence-electron chi connectivity index (χ1n) is 18.2. The Morgan fingerprint density at radius 2 is 1.00 bits per heavy atom. The van der Waals surface area contributed by atoms with Crippen molar-refractivity contribution < 1.29 is 0 Å². The van der Waals surface area contributed by atoms with Gasteiger partial charge in [-0.2, -0.15) is 15.0 Å². The van der Waals surface area contributed by atoms with E-state index in [1.54, 1.807) is 0 Å². The number of benzene rings is 3. The first-order chi connectivity index (χ1) is 23.8. The fourth-order valence-electron chi connectivity index (χ4n) is 10.7. The predicted octanol–water partition coefficient (Wildman–Crippen LogP) is 9.85. The Kier molecular flexibility index (Phi) is 5.89. The van der Waals surface area contributed by atoms with Gasteiger partial charge in [-0.15, -0.1) is 0 Å². The summed E-state index contributed by atoms with van der Waals surface area (Å²) in [7, 11) is 0. The summed E-state index contributed by atoms with van der Waals surface area (Å²) in [6.45, 7) is 9.80. The van der Waals surface area contributed by atoms with Crippen LogP contribution in [0.25, 0.3) is 27.8 Å². The van der Waals surface area contributed by atoms with Crippen LogP contribution in [-0.2, 0) is 10.8 Å². The van der Waals surface area contributed by atoms with E-state index in [1.165, 1.54) is 53.3 Å². The lowest BCUT2D eigenvalue weighted by atomic mass is 9.61. The van der Waals surface area contributed by atoms with Gasteiger partial charge < -0.3 is 9.80 Å². The van der Waals surface area contributed by atoms with Gasteiger partial charge in [0, 0.05) is 33.5 Å². The smallest absolute Gasteiger partial charge is 0.241 e. The zero-order valence-corrected chi connectivity index (χ0v) is 28.9. The second kappa shape index (κ2) is 9.90. The largest absolute Gasteiger partial charge is 0.303 e. The fraction of sp³-hybridized carbons (Fsp3) is 0.381. The molecule has 2 fully saturated rings. The second-order valence-corrected chi connectivity index (χ2v) is 15.8. The van der Waals surface area contributed by atoms with Crippen molar-refractivity contribution in [3.8, 4) is 5.95 Å². The zero-order chi connectivity index (χ0) is 33.2. The van der Waals surface area contributed by atoms with Crippen LogP contribution in [0.2, 0.25) is 0 Å². The van der Waals surface area contributed by atoms with E-state index in [0.29, 0.717) is 11.9 Å². The van der Waals surface area contributed by atoms with Gasteiger partial charge >= 0.3 is 0 Å². The second-order valence-electron chi connectivity index (χ2n) is 15.8. The monoisotopic (exact) mass is 645 g/mol. The molecular formula is C42H43N7. The highest BCUT2D eigenvalue weighted by Crippen LogP contribution is 2.62. The molecule has 0 spiro atoms. The van der Waals surface area contributed by atoms with E-state index in [0.717, 1.165) is 48.4 Å². The molecule has 3 aromatic carbocycles. The third kappa shape index (κ3) is 3.58. The third-order valence-electron chi connectivity index (χ3n) is 13.7. The van der Waals surface area contributed by atoms with Gasteiger partial charge in [-0.1, -0.05) is 94.1 Å². The Hall–Kier alpha value is -4.78.